The molecule has 0 heterocycles. The zero-order valence-electron chi connectivity index (χ0n) is 11.6. The van der Waals surface area contributed by atoms with Crippen LogP contribution in [0.15, 0.2) is 30.9 Å². The summed E-state index contributed by atoms with van der Waals surface area (Å²) < 4.78 is 10.5. The molecule has 0 aliphatic heterocycles. The zero-order valence-corrected chi connectivity index (χ0v) is 11.6. The Bertz CT molecular complexity index is 449. The van der Waals surface area contributed by atoms with Gasteiger partial charge in [-0.25, -0.2) is 0 Å². The molecule has 110 valence electrons. The van der Waals surface area contributed by atoms with Gasteiger partial charge in [0.15, 0.2) is 0 Å². The van der Waals surface area contributed by atoms with Gasteiger partial charge in [-0.3, -0.25) is 10.1 Å². The highest BCUT2D eigenvalue weighted by Gasteiger charge is 2.11. The van der Waals surface area contributed by atoms with Crippen molar-refractivity contribution >= 4 is 5.69 Å². The van der Waals surface area contributed by atoms with Crippen molar-refractivity contribution in [2.45, 2.75) is 13.0 Å². The maximum atomic E-state index is 10.8. The number of nitrogens with zero attached hydrogens (tertiary/aromatic N) is 1. The average molecular weight is 280 g/mol. The molecule has 0 spiro atoms. The minimum atomic E-state index is -0.411. The number of methoxy groups -OCH3 is 1. The Kier molecular flexibility index (Phi) is 7.31. The van der Waals surface area contributed by atoms with Crippen LogP contribution in [0.25, 0.3) is 0 Å². The fourth-order valence-corrected chi connectivity index (χ4v) is 1.61. The number of hydrogen-bond donors (Lipinski definition) is 1. The molecule has 0 radical (unpaired) electrons. The third-order valence-corrected chi connectivity index (χ3v) is 2.63. The van der Waals surface area contributed by atoms with E-state index in [1.54, 1.807) is 19.3 Å². The highest BCUT2D eigenvalue weighted by molar-refractivity contribution is 5.43. The van der Waals surface area contributed by atoms with Crippen molar-refractivity contribution in [3.63, 3.8) is 0 Å². The lowest BCUT2D eigenvalue weighted by Crippen LogP contribution is -2.19. The summed E-state index contributed by atoms with van der Waals surface area (Å²) >= 11 is 0. The van der Waals surface area contributed by atoms with Gasteiger partial charge in [0, 0.05) is 37.9 Å². The molecule has 0 unspecified atom stereocenters. The molecule has 0 bridgehead atoms. The molecule has 20 heavy (non-hydrogen) atoms. The number of nitro groups is 1. The van der Waals surface area contributed by atoms with E-state index in [9.17, 15) is 10.1 Å². The summed E-state index contributed by atoms with van der Waals surface area (Å²) in [6, 6.07) is 4.61. The minimum absolute atomic E-state index is 0.0598. The molecule has 0 aromatic heterocycles. The van der Waals surface area contributed by atoms with Gasteiger partial charge in [0.25, 0.3) is 5.69 Å². The Morgan fingerprint density at radius 2 is 2.25 bits per heavy atom. The molecular weight excluding hydrogens is 260 g/mol. The first kappa shape index (κ1) is 16.1. The number of nitrogens with one attached hydrogen (secondary N) is 1. The second kappa shape index (κ2) is 9.06. The molecule has 0 aliphatic carbocycles. The number of benzene rings is 1. The van der Waals surface area contributed by atoms with Gasteiger partial charge in [0.05, 0.1) is 18.1 Å². The van der Waals surface area contributed by atoms with Gasteiger partial charge in [0.1, 0.15) is 5.75 Å². The Labute approximate surface area is 118 Å². The predicted octanol–water partition coefficient (Wildman–Crippen LogP) is 2.29. The van der Waals surface area contributed by atoms with E-state index >= 15 is 0 Å². The zero-order chi connectivity index (χ0) is 14.8. The molecule has 1 aromatic carbocycles. The van der Waals surface area contributed by atoms with Crippen LogP contribution in [-0.2, 0) is 11.3 Å². The molecule has 1 rings (SSSR count). The number of nitro benzene ring substituents is 1. The third-order valence-electron chi connectivity index (χ3n) is 2.63. The predicted molar refractivity (Wildman–Crippen MR) is 77.0 cm³/mol. The molecule has 6 heteroatoms. The van der Waals surface area contributed by atoms with Crippen molar-refractivity contribution in [3.8, 4) is 5.75 Å². The SMILES string of the molecule is C=CCCOc1ccc([N+](=O)[O-])cc1CNCCOC. The first-order valence-electron chi connectivity index (χ1n) is 6.39. The second-order valence-corrected chi connectivity index (χ2v) is 4.14. The van der Waals surface area contributed by atoms with E-state index in [0.717, 1.165) is 12.0 Å². The molecule has 0 fully saturated rings. The second-order valence-electron chi connectivity index (χ2n) is 4.14. The van der Waals surface area contributed by atoms with E-state index in [1.807, 2.05) is 0 Å². The van der Waals surface area contributed by atoms with Crippen LogP contribution in [0, 0.1) is 10.1 Å². The van der Waals surface area contributed by atoms with Crippen molar-refractivity contribution in [2.24, 2.45) is 0 Å². The van der Waals surface area contributed by atoms with Gasteiger partial charge in [-0.2, -0.15) is 0 Å². The lowest BCUT2D eigenvalue weighted by Gasteiger charge is -2.11. The molecule has 1 N–H and O–H groups in total. The van der Waals surface area contributed by atoms with E-state index in [-0.39, 0.29) is 5.69 Å². The van der Waals surface area contributed by atoms with E-state index in [2.05, 4.69) is 11.9 Å². The van der Waals surface area contributed by atoms with Gasteiger partial charge in [0.2, 0.25) is 0 Å². The van der Waals surface area contributed by atoms with Crippen molar-refractivity contribution in [2.75, 3.05) is 26.9 Å². The highest BCUT2D eigenvalue weighted by Crippen LogP contribution is 2.24. The molecule has 0 amide bonds. The molecule has 0 saturated carbocycles. The van der Waals surface area contributed by atoms with E-state index in [1.165, 1.54) is 12.1 Å². The van der Waals surface area contributed by atoms with Crippen LogP contribution in [0.2, 0.25) is 0 Å². The lowest BCUT2D eigenvalue weighted by molar-refractivity contribution is -0.384. The van der Waals surface area contributed by atoms with Gasteiger partial charge in [-0.05, 0) is 12.5 Å². The van der Waals surface area contributed by atoms with Crippen LogP contribution in [0.5, 0.6) is 5.75 Å². The van der Waals surface area contributed by atoms with Crippen LogP contribution in [0.1, 0.15) is 12.0 Å². The summed E-state index contributed by atoms with van der Waals surface area (Å²) in [6.45, 7) is 5.88. The summed E-state index contributed by atoms with van der Waals surface area (Å²) in [4.78, 5) is 10.4. The third kappa shape index (κ3) is 5.38. The fourth-order valence-electron chi connectivity index (χ4n) is 1.61. The number of rotatable bonds is 10. The smallest absolute Gasteiger partial charge is 0.270 e. The Morgan fingerprint density at radius 1 is 1.45 bits per heavy atom. The van der Waals surface area contributed by atoms with Crippen molar-refractivity contribution < 1.29 is 14.4 Å². The normalized spacial score (nSPS) is 10.2. The first-order valence-corrected chi connectivity index (χ1v) is 6.39. The summed E-state index contributed by atoms with van der Waals surface area (Å²) in [5.41, 5.74) is 0.823. The van der Waals surface area contributed by atoms with Crippen molar-refractivity contribution in [3.05, 3.63) is 46.5 Å². The Hall–Kier alpha value is -1.92. The van der Waals surface area contributed by atoms with Crippen LogP contribution in [0.3, 0.4) is 0 Å². The van der Waals surface area contributed by atoms with Crippen molar-refractivity contribution in [1.29, 1.82) is 0 Å². The maximum Gasteiger partial charge on any atom is 0.270 e. The topological polar surface area (TPSA) is 73.6 Å². The van der Waals surface area contributed by atoms with E-state index in [4.69, 9.17) is 9.47 Å². The average Bonchev–Trinajstić information content (AvgIpc) is 2.44. The summed E-state index contributed by atoms with van der Waals surface area (Å²) in [5, 5.41) is 14.0. The summed E-state index contributed by atoms with van der Waals surface area (Å²) in [6.07, 6.45) is 2.50. The summed E-state index contributed by atoms with van der Waals surface area (Å²) in [5.74, 6) is 0.655. The van der Waals surface area contributed by atoms with Crippen molar-refractivity contribution in [1.82, 2.24) is 5.32 Å². The Balaban J connectivity index is 2.74. The molecule has 0 atom stereocenters. The van der Waals surface area contributed by atoms with Gasteiger partial charge in [-0.1, -0.05) is 6.08 Å². The molecular formula is C14H20N2O4. The van der Waals surface area contributed by atoms with E-state index in [0.29, 0.717) is 32.1 Å². The van der Waals surface area contributed by atoms with Crippen LogP contribution in [-0.4, -0.2) is 31.8 Å². The van der Waals surface area contributed by atoms with Gasteiger partial charge < -0.3 is 14.8 Å². The lowest BCUT2D eigenvalue weighted by atomic mass is 10.1. The number of ether oxygens (including phenoxy) is 2. The standard InChI is InChI=1S/C14H20N2O4/c1-3-4-8-20-14-6-5-13(16(17)18)10-12(14)11-15-7-9-19-2/h3,5-6,10,15H,1,4,7-9,11H2,2H3. The number of hydrogen-bond acceptors (Lipinski definition) is 5. The molecule has 0 saturated heterocycles. The molecule has 1 aromatic rings. The fraction of sp³-hybridized carbons (Fsp3) is 0.429. The number of non-ortho nitro benzene ring substituents is 1. The highest BCUT2D eigenvalue weighted by atomic mass is 16.6. The van der Waals surface area contributed by atoms with Gasteiger partial charge in [-0.15, -0.1) is 6.58 Å². The quantitative estimate of drug-likeness (QED) is 0.308. The van der Waals surface area contributed by atoms with Crippen LogP contribution < -0.4 is 10.1 Å². The van der Waals surface area contributed by atoms with Crippen LogP contribution >= 0.6 is 0 Å². The monoisotopic (exact) mass is 280 g/mol. The van der Waals surface area contributed by atoms with Crippen LogP contribution in [0.4, 0.5) is 5.69 Å². The largest absolute Gasteiger partial charge is 0.493 e. The Morgan fingerprint density at radius 3 is 2.90 bits per heavy atom. The molecule has 6 nitrogen and oxygen atoms in total. The minimum Gasteiger partial charge on any atom is -0.493 e. The van der Waals surface area contributed by atoms with Gasteiger partial charge >= 0.3 is 0 Å². The first-order chi connectivity index (χ1) is 9.69. The summed E-state index contributed by atoms with van der Waals surface area (Å²) in [7, 11) is 1.62. The maximum absolute atomic E-state index is 10.8. The molecule has 0 aliphatic rings. The van der Waals surface area contributed by atoms with E-state index < -0.39 is 4.92 Å².